The van der Waals surface area contributed by atoms with Gasteiger partial charge in [0.25, 0.3) is 0 Å². The van der Waals surface area contributed by atoms with Crippen LogP contribution in [0.2, 0.25) is 0 Å². The van der Waals surface area contributed by atoms with Crippen molar-refractivity contribution in [1.82, 2.24) is 0 Å². The molecule has 1 unspecified atom stereocenters. The van der Waals surface area contributed by atoms with Gasteiger partial charge in [0.1, 0.15) is 5.75 Å². The van der Waals surface area contributed by atoms with Crippen molar-refractivity contribution in [2.24, 2.45) is 0 Å². The molecule has 0 radical (unpaired) electrons. The number of phenols is 1. The predicted octanol–water partition coefficient (Wildman–Crippen LogP) is 4.29. The van der Waals surface area contributed by atoms with E-state index >= 15 is 0 Å². The molecule has 1 heterocycles. The minimum Gasteiger partial charge on any atom is -0.507 e. The summed E-state index contributed by atoms with van der Waals surface area (Å²) >= 11 is 7.00. The fourth-order valence-corrected chi connectivity index (χ4v) is 3.57. The Hall–Kier alpha value is -0.620. The lowest BCUT2D eigenvalue weighted by atomic mass is 9.99. The van der Waals surface area contributed by atoms with Gasteiger partial charge in [0, 0.05) is 5.56 Å². The van der Waals surface area contributed by atoms with Gasteiger partial charge in [-0.05, 0) is 45.8 Å². The van der Waals surface area contributed by atoms with Crippen molar-refractivity contribution in [3.8, 4) is 5.75 Å². The summed E-state index contributed by atoms with van der Waals surface area (Å²) in [6.07, 6.45) is 0. The summed E-state index contributed by atoms with van der Waals surface area (Å²) in [5, 5.41) is 11.7. The Balaban J connectivity index is 2.16. The second-order valence-electron chi connectivity index (χ2n) is 4.82. The molecule has 2 aromatic rings. The van der Waals surface area contributed by atoms with Crippen molar-refractivity contribution < 1.29 is 14.6 Å². The van der Waals surface area contributed by atoms with E-state index < -0.39 is 5.79 Å². The number of rotatable bonds is 2. The molecule has 5 heteroatoms. The maximum atomic E-state index is 9.73. The highest BCUT2D eigenvalue weighted by atomic mass is 79.9. The van der Waals surface area contributed by atoms with Gasteiger partial charge in [0.05, 0.1) is 22.5 Å². The number of fused-ring (bicyclic) bond motifs is 1. The van der Waals surface area contributed by atoms with Crippen LogP contribution in [0.4, 0.5) is 0 Å². The second-order valence-corrected chi connectivity index (χ2v) is 6.98. The third-order valence-corrected chi connectivity index (χ3v) is 5.01. The normalized spacial score (nSPS) is 19.4. The number of halogens is 2. The SMILES string of the molecule is CC(Br)C1(c2ccc3c(Br)c(O)ccc3c2)OCCO1. The fraction of sp³-hybridized carbons (Fsp3) is 0.333. The van der Waals surface area contributed by atoms with Gasteiger partial charge in [0.2, 0.25) is 5.79 Å². The van der Waals surface area contributed by atoms with E-state index in [1.807, 2.05) is 31.2 Å². The molecule has 20 heavy (non-hydrogen) atoms. The number of ether oxygens (including phenoxy) is 2. The molecule has 3 nitrogen and oxygen atoms in total. The zero-order chi connectivity index (χ0) is 14.3. The molecule has 1 atom stereocenters. The zero-order valence-corrected chi connectivity index (χ0v) is 14.1. The van der Waals surface area contributed by atoms with Crippen LogP contribution in [0.15, 0.2) is 34.8 Å². The lowest BCUT2D eigenvalue weighted by Crippen LogP contribution is -2.35. The average molecular weight is 402 g/mol. The van der Waals surface area contributed by atoms with Crippen LogP contribution in [0.3, 0.4) is 0 Å². The molecule has 1 N–H and O–H groups in total. The Morgan fingerprint density at radius 2 is 1.90 bits per heavy atom. The number of hydrogen-bond donors (Lipinski definition) is 1. The molecular formula is C15H14Br2O3. The van der Waals surface area contributed by atoms with Crippen molar-refractivity contribution in [1.29, 1.82) is 0 Å². The summed E-state index contributed by atoms with van der Waals surface area (Å²) in [6, 6.07) is 9.56. The van der Waals surface area contributed by atoms with Crippen LogP contribution in [0, 0.1) is 0 Å². The van der Waals surface area contributed by atoms with E-state index in [1.165, 1.54) is 0 Å². The monoisotopic (exact) mass is 400 g/mol. The van der Waals surface area contributed by atoms with E-state index in [0.717, 1.165) is 16.3 Å². The largest absolute Gasteiger partial charge is 0.507 e. The predicted molar refractivity (Wildman–Crippen MR) is 85.3 cm³/mol. The minimum absolute atomic E-state index is 0.0375. The number of hydrogen-bond acceptors (Lipinski definition) is 3. The Morgan fingerprint density at radius 3 is 2.55 bits per heavy atom. The minimum atomic E-state index is -0.738. The van der Waals surface area contributed by atoms with Gasteiger partial charge in [-0.3, -0.25) is 0 Å². The molecule has 0 aliphatic carbocycles. The third-order valence-electron chi connectivity index (χ3n) is 3.58. The summed E-state index contributed by atoms with van der Waals surface area (Å²) in [5.74, 6) is -0.499. The highest BCUT2D eigenvalue weighted by molar-refractivity contribution is 9.10. The molecule has 0 saturated carbocycles. The first kappa shape index (κ1) is 14.3. The molecule has 3 rings (SSSR count). The lowest BCUT2D eigenvalue weighted by Gasteiger charge is -2.31. The smallest absolute Gasteiger partial charge is 0.207 e. The summed E-state index contributed by atoms with van der Waals surface area (Å²) in [4.78, 5) is 0.0375. The van der Waals surface area contributed by atoms with Crippen molar-refractivity contribution in [2.75, 3.05) is 13.2 Å². The summed E-state index contributed by atoms with van der Waals surface area (Å²) < 4.78 is 12.4. The first-order valence-electron chi connectivity index (χ1n) is 6.38. The Kier molecular flexibility index (Phi) is 3.79. The van der Waals surface area contributed by atoms with E-state index in [4.69, 9.17) is 9.47 Å². The average Bonchev–Trinajstić information content (AvgIpc) is 2.93. The van der Waals surface area contributed by atoms with Crippen LogP contribution in [-0.2, 0) is 15.3 Å². The third kappa shape index (κ3) is 2.17. The van der Waals surface area contributed by atoms with Crippen LogP contribution in [-0.4, -0.2) is 23.1 Å². The van der Waals surface area contributed by atoms with Gasteiger partial charge in [0.15, 0.2) is 0 Å². The molecular weight excluding hydrogens is 388 g/mol. The van der Waals surface area contributed by atoms with Crippen LogP contribution >= 0.6 is 31.9 Å². The molecule has 0 amide bonds. The highest BCUT2D eigenvalue weighted by Crippen LogP contribution is 2.41. The number of alkyl halides is 1. The Bertz CT molecular complexity index is 649. The highest BCUT2D eigenvalue weighted by Gasteiger charge is 2.43. The molecule has 2 aromatic carbocycles. The van der Waals surface area contributed by atoms with Crippen LogP contribution < -0.4 is 0 Å². The van der Waals surface area contributed by atoms with Crippen molar-refractivity contribution in [2.45, 2.75) is 17.5 Å². The van der Waals surface area contributed by atoms with Crippen LogP contribution in [0.1, 0.15) is 12.5 Å². The van der Waals surface area contributed by atoms with Gasteiger partial charge in [-0.15, -0.1) is 0 Å². The summed E-state index contributed by atoms with van der Waals surface area (Å²) in [6.45, 7) is 3.20. The Labute approximate surface area is 134 Å². The second kappa shape index (κ2) is 5.30. The molecule has 0 spiro atoms. The standard InChI is InChI=1S/C15H14Br2O3/c1-9(16)15(19-6-7-20-15)11-3-4-12-10(8-11)2-5-13(18)14(12)17/h2-5,8-9,18H,6-7H2,1H3. The first-order valence-corrected chi connectivity index (χ1v) is 8.09. The Morgan fingerprint density at radius 1 is 1.20 bits per heavy atom. The van der Waals surface area contributed by atoms with Crippen LogP contribution in [0.25, 0.3) is 10.8 Å². The summed E-state index contributed by atoms with van der Waals surface area (Å²) in [7, 11) is 0. The van der Waals surface area contributed by atoms with E-state index in [2.05, 4.69) is 31.9 Å². The number of aromatic hydroxyl groups is 1. The molecule has 106 valence electrons. The number of phenolic OH excluding ortho intramolecular Hbond substituents is 1. The van der Waals surface area contributed by atoms with E-state index in [0.29, 0.717) is 17.7 Å². The van der Waals surface area contributed by atoms with Crippen molar-refractivity contribution in [3.63, 3.8) is 0 Å². The van der Waals surface area contributed by atoms with Gasteiger partial charge in [-0.2, -0.15) is 0 Å². The van der Waals surface area contributed by atoms with E-state index in [1.54, 1.807) is 6.07 Å². The molecule has 1 fully saturated rings. The van der Waals surface area contributed by atoms with Crippen molar-refractivity contribution in [3.05, 3.63) is 40.4 Å². The quantitative estimate of drug-likeness (QED) is 0.762. The van der Waals surface area contributed by atoms with Gasteiger partial charge < -0.3 is 14.6 Å². The molecule has 1 saturated heterocycles. The van der Waals surface area contributed by atoms with Gasteiger partial charge in [-0.25, -0.2) is 0 Å². The first-order chi connectivity index (χ1) is 9.54. The molecule has 0 aromatic heterocycles. The topological polar surface area (TPSA) is 38.7 Å². The zero-order valence-electron chi connectivity index (χ0n) is 10.9. The van der Waals surface area contributed by atoms with E-state index in [9.17, 15) is 5.11 Å². The molecule has 1 aliphatic rings. The fourth-order valence-electron chi connectivity index (χ4n) is 2.55. The van der Waals surface area contributed by atoms with Gasteiger partial charge >= 0.3 is 0 Å². The lowest BCUT2D eigenvalue weighted by molar-refractivity contribution is -0.161. The summed E-state index contributed by atoms with van der Waals surface area (Å²) in [5.41, 5.74) is 0.976. The van der Waals surface area contributed by atoms with Crippen molar-refractivity contribution >= 4 is 42.6 Å². The van der Waals surface area contributed by atoms with Gasteiger partial charge in [-0.1, -0.05) is 34.1 Å². The molecule has 0 bridgehead atoms. The number of benzene rings is 2. The maximum Gasteiger partial charge on any atom is 0.207 e. The maximum absolute atomic E-state index is 9.73. The molecule has 1 aliphatic heterocycles. The van der Waals surface area contributed by atoms with E-state index in [-0.39, 0.29) is 10.6 Å². The van der Waals surface area contributed by atoms with Crippen LogP contribution in [0.5, 0.6) is 5.75 Å².